The summed E-state index contributed by atoms with van der Waals surface area (Å²) < 4.78 is 2.39. The molecule has 1 unspecified atom stereocenters. The van der Waals surface area contributed by atoms with Crippen molar-refractivity contribution >= 4 is 33.6 Å². The van der Waals surface area contributed by atoms with Gasteiger partial charge in [-0.2, -0.15) is 0 Å². The minimum absolute atomic E-state index is 0. The molecule has 0 aromatic heterocycles. The maximum atomic E-state index is 2.45. The molecule has 0 amide bonds. The van der Waals surface area contributed by atoms with Gasteiger partial charge in [-0.15, -0.1) is 24.8 Å². The topological polar surface area (TPSA) is 0 Å². The molecule has 0 bridgehead atoms. The van der Waals surface area contributed by atoms with Crippen LogP contribution in [0.4, 0.5) is 0 Å². The molecule has 0 fully saturated rings. The summed E-state index contributed by atoms with van der Waals surface area (Å²) in [7, 11) is 0. The van der Waals surface area contributed by atoms with Crippen molar-refractivity contribution in [1.82, 2.24) is 0 Å². The van der Waals surface area contributed by atoms with Crippen LogP contribution < -0.4 is 0 Å². The van der Waals surface area contributed by atoms with Gasteiger partial charge in [-0.25, -0.2) is 0 Å². The molecule has 26 heavy (non-hydrogen) atoms. The first-order chi connectivity index (χ1) is 11.6. The number of hydrogen-bond acceptors (Lipinski definition) is 0. The Kier molecular flexibility index (Phi) is 7.04. The van der Waals surface area contributed by atoms with E-state index in [1.165, 1.54) is 27.8 Å². The van der Waals surface area contributed by atoms with Crippen molar-refractivity contribution in [3.8, 4) is 11.1 Å². The van der Waals surface area contributed by atoms with Gasteiger partial charge in [0.1, 0.15) is 0 Å². The molecule has 2 aliphatic rings. The molecule has 4 rings (SSSR count). The maximum Gasteiger partial charge on any atom is -0.147 e. The standard InChI is InChI=1S/C20H17.C3H6.2ClH.Hf/c1-13-7-9-17-16(11-13)12-19-18(17)10-8-14(2)20(19)15-5-3-4-6-15;1-3-2;;;/h3-5,7-12H,6H2,1-2H3;1-2H3;2*1H;. The van der Waals surface area contributed by atoms with Gasteiger partial charge in [0.05, 0.1) is 0 Å². The number of aryl methyl sites for hydroxylation is 2. The summed E-state index contributed by atoms with van der Waals surface area (Å²) in [6.45, 7) is 9.22. The van der Waals surface area contributed by atoms with E-state index in [1.54, 1.807) is 19.9 Å². The van der Waals surface area contributed by atoms with Crippen LogP contribution in [0.5, 0.6) is 0 Å². The Morgan fingerprint density at radius 3 is 2.38 bits per heavy atom. The molecule has 3 heteroatoms. The molecule has 135 valence electrons. The molecule has 0 saturated carbocycles. The van der Waals surface area contributed by atoms with E-state index in [0.29, 0.717) is 3.67 Å². The van der Waals surface area contributed by atoms with Crippen molar-refractivity contribution in [2.75, 3.05) is 0 Å². The monoisotopic (exact) mass is 551 g/mol. The zero-order valence-corrected chi connectivity index (χ0v) is 20.9. The third-order valence-electron chi connectivity index (χ3n) is 5.08. The number of hydrogen-bond donors (Lipinski definition) is 0. The molecule has 0 nitrogen and oxygen atoms in total. The van der Waals surface area contributed by atoms with Gasteiger partial charge >= 0.3 is 157 Å². The fraction of sp³-hybridized carbons (Fsp3) is 0.261. The van der Waals surface area contributed by atoms with Crippen molar-refractivity contribution in [3.05, 3.63) is 76.4 Å². The molecule has 0 aliphatic heterocycles. The van der Waals surface area contributed by atoms with Gasteiger partial charge in [0.2, 0.25) is 0 Å². The number of rotatable bonds is 2. The summed E-state index contributed by atoms with van der Waals surface area (Å²) in [4.78, 5) is 0. The number of halogens is 2. The van der Waals surface area contributed by atoms with Crippen LogP contribution in [0.25, 0.3) is 16.7 Å². The molecule has 0 heterocycles. The van der Waals surface area contributed by atoms with Crippen LogP contribution in [0.3, 0.4) is 0 Å². The summed E-state index contributed by atoms with van der Waals surface area (Å²) in [5.74, 6) is 0. The van der Waals surface area contributed by atoms with Gasteiger partial charge in [0.25, 0.3) is 0 Å². The average Bonchev–Trinajstić information content (AvgIpc) is 3.15. The van der Waals surface area contributed by atoms with E-state index in [2.05, 4.69) is 76.3 Å². The van der Waals surface area contributed by atoms with Gasteiger partial charge < -0.3 is 0 Å². The van der Waals surface area contributed by atoms with E-state index in [-0.39, 0.29) is 24.8 Å². The summed E-state index contributed by atoms with van der Waals surface area (Å²) in [6.07, 6.45) is 7.91. The second-order valence-electron chi connectivity index (χ2n) is 7.21. The Morgan fingerprint density at radius 1 is 1.00 bits per heavy atom. The van der Waals surface area contributed by atoms with Crippen molar-refractivity contribution in [1.29, 1.82) is 0 Å². The average molecular weight is 551 g/mol. The number of allylic oxidation sites excluding steroid dienone is 4. The van der Waals surface area contributed by atoms with E-state index in [4.69, 9.17) is 0 Å². The Hall–Kier alpha value is -0.760. The van der Waals surface area contributed by atoms with Gasteiger partial charge in [0, 0.05) is 0 Å². The predicted molar refractivity (Wildman–Crippen MR) is 116 cm³/mol. The number of fused-ring (bicyclic) bond motifs is 3. The predicted octanol–water partition coefficient (Wildman–Crippen LogP) is 6.85. The van der Waals surface area contributed by atoms with Gasteiger partial charge in [-0.05, 0) is 0 Å². The van der Waals surface area contributed by atoms with Crippen LogP contribution in [-0.2, 0) is 22.4 Å². The van der Waals surface area contributed by atoms with Crippen molar-refractivity contribution in [2.24, 2.45) is 0 Å². The van der Waals surface area contributed by atoms with Crippen LogP contribution >= 0.6 is 24.8 Å². The van der Waals surface area contributed by atoms with Crippen LogP contribution in [-0.4, -0.2) is 3.26 Å². The second-order valence-corrected chi connectivity index (χ2v) is 13.9. The molecule has 2 aromatic carbocycles. The molecule has 0 N–H and O–H groups in total. The molecule has 0 spiro atoms. The summed E-state index contributed by atoms with van der Waals surface area (Å²) in [5, 5.41) is 0. The van der Waals surface area contributed by atoms with Crippen molar-refractivity contribution in [2.45, 2.75) is 37.8 Å². The molecular weight excluding hydrogens is 526 g/mol. The fourth-order valence-corrected chi connectivity index (χ4v) is 9.17. The molecule has 0 saturated heterocycles. The van der Waals surface area contributed by atoms with Crippen molar-refractivity contribution in [3.63, 3.8) is 0 Å². The SMILES string of the molecule is C[C](C)=[Hf][CH]1c2cc(C)ccc2-c2ccc(C)c(C3=CC=CC3)c21.Cl.Cl. The molecule has 2 aliphatic carbocycles. The molecule has 1 atom stereocenters. The van der Waals surface area contributed by atoms with E-state index in [1.807, 2.05) is 0 Å². The second kappa shape index (κ2) is 8.50. The first-order valence-electron chi connectivity index (χ1n) is 8.73. The minimum atomic E-state index is -0.884. The smallest absolute Gasteiger partial charge is 0.147 e. The molecule has 2 aromatic rings. The van der Waals surface area contributed by atoms with E-state index >= 15 is 0 Å². The zero-order chi connectivity index (χ0) is 16.8. The Morgan fingerprint density at radius 2 is 1.73 bits per heavy atom. The van der Waals surface area contributed by atoms with Gasteiger partial charge in [-0.1, -0.05) is 0 Å². The first-order valence-corrected chi connectivity index (χ1v) is 12.6. The largest absolute Gasteiger partial charge is 0.147 e. The number of benzene rings is 2. The van der Waals surface area contributed by atoms with Crippen LogP contribution in [0.15, 0.2) is 48.6 Å². The third kappa shape index (κ3) is 3.63. The van der Waals surface area contributed by atoms with Crippen LogP contribution in [0, 0.1) is 13.8 Å². The Balaban J connectivity index is 0.00000121. The third-order valence-corrected chi connectivity index (χ3v) is 10.3. The summed E-state index contributed by atoms with van der Waals surface area (Å²) in [5.41, 5.74) is 12.1. The summed E-state index contributed by atoms with van der Waals surface area (Å²) >= 11 is -0.884. The van der Waals surface area contributed by atoms with Gasteiger partial charge in [0.15, 0.2) is 0 Å². The fourth-order valence-electron chi connectivity index (χ4n) is 4.08. The minimum Gasteiger partial charge on any atom is -0.147 e. The Bertz CT molecular complexity index is 931. The van der Waals surface area contributed by atoms with Crippen molar-refractivity contribution < 1.29 is 22.4 Å². The first kappa shape index (κ1) is 21.5. The maximum absolute atomic E-state index is 2.45. The van der Waals surface area contributed by atoms with E-state index in [0.717, 1.165) is 6.42 Å². The summed E-state index contributed by atoms with van der Waals surface area (Å²) in [6, 6.07) is 11.8. The van der Waals surface area contributed by atoms with E-state index < -0.39 is 22.4 Å². The quantitative estimate of drug-likeness (QED) is 0.359. The van der Waals surface area contributed by atoms with Crippen LogP contribution in [0.2, 0.25) is 0 Å². The molecular formula is C23H25Cl2Hf. The normalized spacial score (nSPS) is 16.0. The Labute approximate surface area is 180 Å². The molecule has 0 radical (unpaired) electrons. The zero-order valence-electron chi connectivity index (χ0n) is 15.7. The van der Waals surface area contributed by atoms with E-state index in [9.17, 15) is 0 Å². The van der Waals surface area contributed by atoms with Gasteiger partial charge in [-0.3, -0.25) is 0 Å². The van der Waals surface area contributed by atoms with Crippen LogP contribution in [0.1, 0.15) is 51.8 Å².